The minimum atomic E-state index is -0.419. The van der Waals surface area contributed by atoms with Crippen molar-refractivity contribution in [2.24, 2.45) is 0 Å². The van der Waals surface area contributed by atoms with Crippen molar-refractivity contribution in [3.05, 3.63) is 95.0 Å². The van der Waals surface area contributed by atoms with E-state index in [1.54, 1.807) is 35.1 Å². The number of benzene rings is 3. The number of hydrogen-bond acceptors (Lipinski definition) is 4. The highest BCUT2D eigenvalue weighted by Gasteiger charge is 2.13. The second-order valence-electron chi connectivity index (χ2n) is 7.01. The molecule has 0 bridgehead atoms. The van der Waals surface area contributed by atoms with E-state index < -0.39 is 5.91 Å². The Morgan fingerprint density at radius 3 is 2.61 bits per heavy atom. The molecule has 1 aromatic heterocycles. The van der Waals surface area contributed by atoms with Crippen LogP contribution in [0, 0.1) is 5.82 Å². The number of nitrogen functional groups attached to an aromatic ring is 1. The molecule has 0 saturated carbocycles. The Bertz CT molecular complexity index is 1220. The molecule has 4 aromatic rings. The molecule has 1 heterocycles. The summed E-state index contributed by atoms with van der Waals surface area (Å²) in [4.78, 5) is 12.6. The molecule has 0 spiro atoms. The minimum absolute atomic E-state index is 0.178. The van der Waals surface area contributed by atoms with Crippen molar-refractivity contribution in [2.45, 2.75) is 13.0 Å². The molecule has 6 nitrogen and oxygen atoms in total. The Morgan fingerprint density at radius 1 is 1.06 bits per heavy atom. The Morgan fingerprint density at radius 2 is 1.84 bits per heavy atom. The molecule has 0 atom stereocenters. The van der Waals surface area contributed by atoms with Crippen LogP contribution in [0.15, 0.2) is 72.9 Å². The van der Waals surface area contributed by atoms with Crippen LogP contribution in [-0.2, 0) is 13.0 Å². The minimum Gasteiger partial charge on any atom is -0.397 e. The van der Waals surface area contributed by atoms with E-state index >= 15 is 0 Å². The van der Waals surface area contributed by atoms with Crippen LogP contribution in [0.25, 0.3) is 11.1 Å². The van der Waals surface area contributed by atoms with Crippen LogP contribution >= 0.6 is 11.6 Å². The molecule has 3 aromatic carbocycles. The number of aryl methyl sites for hydroxylation is 2. The van der Waals surface area contributed by atoms with Gasteiger partial charge in [-0.1, -0.05) is 47.1 Å². The van der Waals surface area contributed by atoms with Gasteiger partial charge in [0.25, 0.3) is 5.91 Å². The molecule has 8 heteroatoms. The van der Waals surface area contributed by atoms with Crippen LogP contribution in [0.5, 0.6) is 0 Å². The average Bonchev–Trinajstić information content (AvgIpc) is 3.24. The lowest BCUT2D eigenvalue weighted by atomic mass is 10.0. The Labute approximate surface area is 183 Å². The largest absolute Gasteiger partial charge is 0.397 e. The molecular formula is C23H19ClFN5O. The third-order valence-electron chi connectivity index (χ3n) is 4.77. The summed E-state index contributed by atoms with van der Waals surface area (Å²) >= 11 is 6.00. The average molecular weight is 436 g/mol. The Kier molecular flexibility index (Phi) is 5.95. The van der Waals surface area contributed by atoms with Crippen molar-refractivity contribution < 1.29 is 9.18 Å². The summed E-state index contributed by atoms with van der Waals surface area (Å²) in [6, 6.07) is 18.9. The number of aromatic nitrogens is 3. The standard InChI is InChI=1S/C23H19ClFN5O/c24-18-3-1-2-15(12-18)10-11-30-14-22(28-29-30)23(31)27-21-13-17(6-9-20(21)26)16-4-7-19(25)8-5-16/h1-9,12-14H,10-11,26H2,(H,27,31). The van der Waals surface area contributed by atoms with Crippen molar-refractivity contribution >= 4 is 28.9 Å². The molecule has 3 N–H and O–H groups in total. The number of carbonyl (C=O) groups excluding carboxylic acids is 1. The predicted molar refractivity (Wildman–Crippen MR) is 119 cm³/mol. The van der Waals surface area contributed by atoms with Crippen molar-refractivity contribution in [2.75, 3.05) is 11.1 Å². The highest BCUT2D eigenvalue weighted by molar-refractivity contribution is 6.30. The molecule has 0 fully saturated rings. The summed E-state index contributed by atoms with van der Waals surface area (Å²) in [5.74, 6) is -0.733. The maximum Gasteiger partial charge on any atom is 0.277 e. The smallest absolute Gasteiger partial charge is 0.277 e. The van der Waals surface area contributed by atoms with Crippen LogP contribution in [-0.4, -0.2) is 20.9 Å². The summed E-state index contributed by atoms with van der Waals surface area (Å²) in [5, 5.41) is 11.4. The van der Waals surface area contributed by atoms with Crippen molar-refractivity contribution in [1.29, 1.82) is 0 Å². The summed E-state index contributed by atoms with van der Waals surface area (Å²) in [5.41, 5.74) is 9.73. The molecule has 0 aliphatic heterocycles. The first-order valence-corrected chi connectivity index (χ1v) is 9.97. The van der Waals surface area contributed by atoms with E-state index in [1.165, 1.54) is 12.1 Å². The number of nitrogens with one attached hydrogen (secondary N) is 1. The Hall–Kier alpha value is -3.71. The van der Waals surface area contributed by atoms with Crippen molar-refractivity contribution in [1.82, 2.24) is 15.0 Å². The van der Waals surface area contributed by atoms with Gasteiger partial charge >= 0.3 is 0 Å². The molecule has 156 valence electrons. The highest BCUT2D eigenvalue weighted by Crippen LogP contribution is 2.27. The normalized spacial score (nSPS) is 10.8. The van der Waals surface area contributed by atoms with Gasteiger partial charge in [-0.15, -0.1) is 5.10 Å². The van der Waals surface area contributed by atoms with Gasteiger partial charge in [-0.2, -0.15) is 0 Å². The summed E-state index contributed by atoms with van der Waals surface area (Å²) in [6.45, 7) is 0.558. The third-order valence-corrected chi connectivity index (χ3v) is 5.00. The van der Waals surface area contributed by atoms with Crippen LogP contribution < -0.4 is 11.1 Å². The van der Waals surface area contributed by atoms with Crippen LogP contribution in [0.4, 0.5) is 15.8 Å². The molecular weight excluding hydrogens is 417 g/mol. The van der Waals surface area contributed by atoms with Crippen molar-refractivity contribution in [3.63, 3.8) is 0 Å². The summed E-state index contributed by atoms with van der Waals surface area (Å²) in [6.07, 6.45) is 2.29. The molecule has 0 unspecified atom stereocenters. The molecule has 0 aliphatic carbocycles. The first kappa shape index (κ1) is 20.6. The number of anilines is 2. The number of rotatable bonds is 6. The van der Waals surface area contributed by atoms with Gasteiger partial charge in [-0.25, -0.2) is 4.39 Å². The zero-order valence-corrected chi connectivity index (χ0v) is 17.2. The van der Waals surface area contributed by atoms with Gasteiger partial charge in [0.2, 0.25) is 0 Å². The van der Waals surface area contributed by atoms with Crippen LogP contribution in [0.1, 0.15) is 16.1 Å². The lowest BCUT2D eigenvalue weighted by Gasteiger charge is -2.10. The van der Waals surface area contributed by atoms with E-state index in [4.69, 9.17) is 17.3 Å². The molecule has 31 heavy (non-hydrogen) atoms. The number of carbonyl (C=O) groups is 1. The Balaban J connectivity index is 1.45. The van der Waals surface area contributed by atoms with Gasteiger partial charge in [-0.3, -0.25) is 9.48 Å². The monoisotopic (exact) mass is 435 g/mol. The number of nitrogens with zero attached hydrogens (tertiary/aromatic N) is 3. The van der Waals surface area contributed by atoms with Gasteiger partial charge in [0.05, 0.1) is 17.6 Å². The van der Waals surface area contributed by atoms with E-state index in [0.29, 0.717) is 29.4 Å². The van der Waals surface area contributed by atoms with Crippen LogP contribution in [0.2, 0.25) is 5.02 Å². The maximum absolute atomic E-state index is 13.2. The van der Waals surface area contributed by atoms with Gasteiger partial charge in [0.15, 0.2) is 5.69 Å². The number of hydrogen-bond donors (Lipinski definition) is 2. The molecule has 0 saturated heterocycles. The van der Waals surface area contributed by atoms with Crippen LogP contribution in [0.3, 0.4) is 0 Å². The lowest BCUT2D eigenvalue weighted by molar-refractivity contribution is 0.102. The zero-order valence-electron chi connectivity index (χ0n) is 16.4. The number of nitrogens with two attached hydrogens (primary N) is 1. The lowest BCUT2D eigenvalue weighted by Crippen LogP contribution is -2.14. The number of halogens is 2. The fourth-order valence-electron chi connectivity index (χ4n) is 3.12. The zero-order chi connectivity index (χ0) is 21.8. The van der Waals surface area contributed by atoms with E-state index in [0.717, 1.165) is 16.7 Å². The third kappa shape index (κ3) is 5.07. The van der Waals surface area contributed by atoms with Gasteiger partial charge in [-0.05, 0) is 59.5 Å². The van der Waals surface area contributed by atoms with E-state index in [1.807, 2.05) is 30.3 Å². The maximum atomic E-state index is 13.2. The fourth-order valence-corrected chi connectivity index (χ4v) is 3.33. The molecule has 4 rings (SSSR count). The van der Waals surface area contributed by atoms with Gasteiger partial charge in [0, 0.05) is 11.6 Å². The fraction of sp³-hybridized carbons (Fsp3) is 0.0870. The van der Waals surface area contributed by atoms with E-state index in [9.17, 15) is 9.18 Å². The van der Waals surface area contributed by atoms with Crippen molar-refractivity contribution in [3.8, 4) is 11.1 Å². The van der Waals surface area contributed by atoms with E-state index in [-0.39, 0.29) is 11.5 Å². The predicted octanol–water partition coefficient (Wildman–Crippen LogP) is 4.81. The second-order valence-corrected chi connectivity index (χ2v) is 7.45. The number of amides is 1. The molecule has 0 radical (unpaired) electrons. The summed E-state index contributed by atoms with van der Waals surface area (Å²) in [7, 11) is 0. The first-order valence-electron chi connectivity index (χ1n) is 9.59. The second kappa shape index (κ2) is 8.97. The summed E-state index contributed by atoms with van der Waals surface area (Å²) < 4.78 is 14.8. The molecule has 0 aliphatic rings. The topological polar surface area (TPSA) is 85.8 Å². The van der Waals surface area contributed by atoms with Gasteiger partial charge in [0.1, 0.15) is 5.82 Å². The highest BCUT2D eigenvalue weighted by atomic mass is 35.5. The molecule has 1 amide bonds. The SMILES string of the molecule is Nc1ccc(-c2ccc(F)cc2)cc1NC(=O)c1cn(CCc2cccc(Cl)c2)nn1. The van der Waals surface area contributed by atoms with E-state index in [2.05, 4.69) is 15.6 Å². The quantitative estimate of drug-likeness (QED) is 0.425. The first-order chi connectivity index (χ1) is 15.0. The van der Waals surface area contributed by atoms with Gasteiger partial charge < -0.3 is 11.1 Å².